The zero-order chi connectivity index (χ0) is 3.58. The average molecular weight is 147 g/mol. The summed E-state index contributed by atoms with van der Waals surface area (Å²) >= 11 is 0. The molecule has 6 heteroatoms. The van der Waals surface area contributed by atoms with Crippen LogP contribution in [0, 0.1) is 0 Å². The maximum atomic E-state index is 9.67. The van der Waals surface area contributed by atoms with E-state index in [1.807, 2.05) is 0 Å². The molecule has 0 spiro atoms. The van der Waals surface area contributed by atoms with Crippen molar-refractivity contribution < 1.29 is 34.4 Å². The van der Waals surface area contributed by atoms with E-state index in [0.29, 0.717) is 0 Å². The Balaban J connectivity index is -0.0000000450. The summed E-state index contributed by atoms with van der Waals surface area (Å²) in [6.07, 6.45) is 0. The Hall–Kier alpha value is 0.291. The second-order valence-corrected chi connectivity index (χ2v) is 0.247. The van der Waals surface area contributed by atoms with Gasteiger partial charge in [0.1, 0.15) is 0 Å². The molecular formula is HBCoF4. The van der Waals surface area contributed by atoms with Gasteiger partial charge < -0.3 is 0 Å². The van der Waals surface area contributed by atoms with E-state index >= 15 is 0 Å². The maximum absolute atomic E-state index is 9.67. The number of hydrogen-bond acceptors (Lipinski definition) is 0. The molecule has 0 aromatic heterocycles. The van der Waals surface area contributed by atoms with Gasteiger partial charge in [0.15, 0.2) is 0 Å². The van der Waals surface area contributed by atoms with Crippen molar-refractivity contribution >= 4 is 7.54 Å². The van der Waals surface area contributed by atoms with Gasteiger partial charge in [-0.25, -0.2) is 0 Å². The predicted octanol–water partition coefficient (Wildman–Crippen LogP) is 1.03. The van der Waals surface area contributed by atoms with Gasteiger partial charge in [-0.15, -0.1) is 0 Å². The van der Waals surface area contributed by atoms with Crippen LogP contribution in [0.15, 0.2) is 0 Å². The monoisotopic (exact) mass is 147 g/mol. The molecule has 0 fully saturated rings. The Bertz CT molecular complexity index is 12.3. The van der Waals surface area contributed by atoms with E-state index in [1.54, 1.807) is 0 Å². The SMILES string of the molecule is F.FB(F)F.[Co]. The molecule has 6 heavy (non-hydrogen) atoms. The van der Waals surface area contributed by atoms with Gasteiger partial charge in [-0.3, -0.25) is 17.7 Å². The molecule has 0 N–H and O–H groups in total. The molecule has 0 aliphatic carbocycles. The van der Waals surface area contributed by atoms with Crippen molar-refractivity contribution in [1.29, 1.82) is 0 Å². The molecule has 1 radical (unpaired) electrons. The van der Waals surface area contributed by atoms with Crippen LogP contribution >= 0.6 is 0 Å². The van der Waals surface area contributed by atoms with E-state index in [4.69, 9.17) is 0 Å². The summed E-state index contributed by atoms with van der Waals surface area (Å²) in [6, 6.07) is 0. The van der Waals surface area contributed by atoms with Crippen LogP contribution in [0.2, 0.25) is 0 Å². The van der Waals surface area contributed by atoms with Gasteiger partial charge in [0.25, 0.3) is 0 Å². The zero-order valence-electron chi connectivity index (χ0n) is 2.45. The fraction of sp³-hybridized carbons (Fsp3) is 0. The van der Waals surface area contributed by atoms with Crippen molar-refractivity contribution in [3.63, 3.8) is 0 Å². The van der Waals surface area contributed by atoms with Crippen LogP contribution in [0.4, 0.5) is 17.7 Å². The van der Waals surface area contributed by atoms with Gasteiger partial charge >= 0.3 is 7.54 Å². The largest absolute Gasteiger partial charge is 0.762 e. The molecule has 0 heterocycles. The molecule has 0 nitrogen and oxygen atoms in total. The molecule has 0 bridgehead atoms. The van der Waals surface area contributed by atoms with Gasteiger partial charge in [0.2, 0.25) is 0 Å². The summed E-state index contributed by atoms with van der Waals surface area (Å²) in [5.74, 6) is 0. The molecule has 0 saturated heterocycles. The number of halogens is 4. The first-order valence-electron chi connectivity index (χ1n) is 0.655. The van der Waals surface area contributed by atoms with Gasteiger partial charge in [-0.1, -0.05) is 0 Å². The van der Waals surface area contributed by atoms with E-state index < -0.39 is 7.54 Å². The van der Waals surface area contributed by atoms with Gasteiger partial charge in [-0.2, -0.15) is 0 Å². The Labute approximate surface area is 42.9 Å². The van der Waals surface area contributed by atoms with Crippen molar-refractivity contribution in [2.45, 2.75) is 0 Å². The molecule has 0 amide bonds. The molecule has 0 atom stereocenters. The first-order chi connectivity index (χ1) is 1.73. The predicted molar refractivity (Wildman–Crippen MR) is 11.6 cm³/mol. The summed E-state index contributed by atoms with van der Waals surface area (Å²) in [7, 11) is -3.67. The molecule has 0 saturated carbocycles. The van der Waals surface area contributed by atoms with Crippen LogP contribution in [-0.2, 0) is 16.8 Å². The van der Waals surface area contributed by atoms with Crippen LogP contribution in [0.3, 0.4) is 0 Å². The third-order valence-corrected chi connectivity index (χ3v) is 0. The fourth-order valence-corrected chi connectivity index (χ4v) is 0. The normalized spacial score (nSPS) is 4.50. The quantitative estimate of drug-likeness (QED) is 0.354. The number of rotatable bonds is 0. The summed E-state index contributed by atoms with van der Waals surface area (Å²) in [5.41, 5.74) is 0. The Morgan fingerprint density at radius 1 is 1.00 bits per heavy atom. The van der Waals surface area contributed by atoms with Crippen molar-refractivity contribution in [1.82, 2.24) is 0 Å². The van der Waals surface area contributed by atoms with Crippen molar-refractivity contribution in [2.24, 2.45) is 0 Å². The summed E-state index contributed by atoms with van der Waals surface area (Å²) in [6.45, 7) is 0. The van der Waals surface area contributed by atoms with Crippen LogP contribution in [-0.4, -0.2) is 7.54 Å². The first kappa shape index (κ1) is 16.3. The molecular weight excluding hydrogens is 146 g/mol. The molecule has 0 aliphatic rings. The molecule has 0 rings (SSSR count). The second-order valence-electron chi connectivity index (χ2n) is 0.247. The van der Waals surface area contributed by atoms with Gasteiger partial charge in [0, 0.05) is 16.8 Å². The van der Waals surface area contributed by atoms with Gasteiger partial charge in [0.05, 0.1) is 0 Å². The van der Waals surface area contributed by atoms with Crippen LogP contribution in [0.25, 0.3) is 0 Å². The standard InChI is InChI=1S/BF3.Co.FH/c2-1(3)4;;/h;;1H. The summed E-state index contributed by atoms with van der Waals surface area (Å²) in [4.78, 5) is 0. The third-order valence-electron chi connectivity index (χ3n) is 0. The second kappa shape index (κ2) is 9.00. The van der Waals surface area contributed by atoms with Crippen molar-refractivity contribution in [3.8, 4) is 0 Å². The Morgan fingerprint density at radius 2 is 1.00 bits per heavy atom. The maximum Gasteiger partial charge on any atom is 0.762 e. The molecule has 0 aromatic carbocycles. The summed E-state index contributed by atoms with van der Waals surface area (Å²) < 4.78 is 29.0. The average Bonchev–Trinajstić information content (AvgIpc) is 0.811. The zero-order valence-corrected chi connectivity index (χ0v) is 3.49. The fourth-order valence-electron chi connectivity index (χ4n) is 0. The van der Waals surface area contributed by atoms with Crippen molar-refractivity contribution in [2.75, 3.05) is 0 Å². The molecule has 0 unspecified atom stereocenters. The molecule has 0 aliphatic heterocycles. The minimum absolute atomic E-state index is 0. The Kier molecular flexibility index (Phi) is 24.4. The summed E-state index contributed by atoms with van der Waals surface area (Å²) in [5, 5.41) is 0. The van der Waals surface area contributed by atoms with E-state index in [9.17, 15) is 12.9 Å². The number of hydrogen-bond donors (Lipinski definition) is 0. The Morgan fingerprint density at radius 3 is 1.00 bits per heavy atom. The van der Waals surface area contributed by atoms with Crippen molar-refractivity contribution in [3.05, 3.63) is 0 Å². The first-order valence-corrected chi connectivity index (χ1v) is 0.655. The molecule has 41 valence electrons. The van der Waals surface area contributed by atoms with E-state index in [1.165, 1.54) is 0 Å². The van der Waals surface area contributed by atoms with Crippen LogP contribution in [0.5, 0.6) is 0 Å². The minimum Gasteiger partial charge on any atom is -0.269 e. The van der Waals surface area contributed by atoms with E-state index in [0.717, 1.165) is 0 Å². The molecule has 0 aromatic rings. The third kappa shape index (κ3) is 547. The van der Waals surface area contributed by atoms with Crippen LogP contribution < -0.4 is 0 Å². The minimum atomic E-state index is -3.67. The van der Waals surface area contributed by atoms with Crippen LogP contribution in [0.1, 0.15) is 0 Å². The smallest absolute Gasteiger partial charge is 0.269 e. The van der Waals surface area contributed by atoms with E-state index in [-0.39, 0.29) is 21.5 Å². The topological polar surface area (TPSA) is 0 Å². The van der Waals surface area contributed by atoms with Gasteiger partial charge in [-0.05, 0) is 0 Å². The van der Waals surface area contributed by atoms with E-state index in [2.05, 4.69) is 0 Å².